The molecule has 18 heavy (non-hydrogen) atoms. The first-order valence-electron chi connectivity index (χ1n) is 5.55. The maximum absolute atomic E-state index is 12.1. The van der Waals surface area contributed by atoms with Crippen molar-refractivity contribution >= 4 is 15.7 Å². The number of carbonyl (C=O) groups excluding carboxylic acids is 1. The molecular formula is C12H17NO4S. The molecule has 0 aliphatic heterocycles. The number of carbonyl (C=O) groups is 1. The van der Waals surface area contributed by atoms with Crippen LogP contribution < -0.4 is 5.32 Å². The van der Waals surface area contributed by atoms with Gasteiger partial charge >= 0.3 is 0 Å². The highest BCUT2D eigenvalue weighted by Crippen LogP contribution is 2.15. The van der Waals surface area contributed by atoms with Crippen molar-refractivity contribution in [3.8, 4) is 0 Å². The number of ether oxygens (including phenoxy) is 1. The highest BCUT2D eigenvalue weighted by Gasteiger charge is 2.29. The Labute approximate surface area is 107 Å². The van der Waals surface area contributed by atoms with Crippen molar-refractivity contribution in [2.75, 3.05) is 20.3 Å². The van der Waals surface area contributed by atoms with E-state index in [1.807, 2.05) is 0 Å². The predicted molar refractivity (Wildman–Crippen MR) is 68.0 cm³/mol. The molecule has 0 spiro atoms. The van der Waals surface area contributed by atoms with E-state index in [1.165, 1.54) is 26.2 Å². The topological polar surface area (TPSA) is 72.5 Å². The van der Waals surface area contributed by atoms with Gasteiger partial charge in [0.1, 0.15) is 5.25 Å². The van der Waals surface area contributed by atoms with Crippen LogP contribution in [0.2, 0.25) is 0 Å². The summed E-state index contributed by atoms with van der Waals surface area (Å²) in [7, 11) is -2.12. The normalized spacial score (nSPS) is 13.0. The van der Waals surface area contributed by atoms with Gasteiger partial charge in [0, 0.05) is 13.7 Å². The Kier molecular flexibility index (Phi) is 5.30. The van der Waals surface area contributed by atoms with Crippen LogP contribution in [0.5, 0.6) is 0 Å². The van der Waals surface area contributed by atoms with Gasteiger partial charge in [-0.25, -0.2) is 8.42 Å². The van der Waals surface area contributed by atoms with Crippen molar-refractivity contribution in [2.24, 2.45) is 0 Å². The smallest absolute Gasteiger partial charge is 0.238 e. The Bertz CT molecular complexity index is 484. The molecule has 1 N–H and O–H groups in total. The van der Waals surface area contributed by atoms with Crippen LogP contribution in [-0.4, -0.2) is 39.8 Å². The molecule has 1 aromatic carbocycles. The zero-order valence-electron chi connectivity index (χ0n) is 10.4. The van der Waals surface area contributed by atoms with Gasteiger partial charge < -0.3 is 10.1 Å². The Morgan fingerprint density at radius 1 is 1.33 bits per heavy atom. The summed E-state index contributed by atoms with van der Waals surface area (Å²) in [6.07, 6.45) is 0. The van der Waals surface area contributed by atoms with E-state index in [2.05, 4.69) is 5.32 Å². The lowest BCUT2D eigenvalue weighted by molar-refractivity contribution is -0.120. The summed E-state index contributed by atoms with van der Waals surface area (Å²) in [4.78, 5) is 11.8. The van der Waals surface area contributed by atoms with Crippen molar-refractivity contribution in [3.63, 3.8) is 0 Å². The summed E-state index contributed by atoms with van der Waals surface area (Å²) >= 11 is 0. The highest BCUT2D eigenvalue weighted by molar-refractivity contribution is 7.92. The van der Waals surface area contributed by atoms with Crippen molar-refractivity contribution < 1.29 is 17.9 Å². The van der Waals surface area contributed by atoms with Gasteiger partial charge in [-0.05, 0) is 19.1 Å². The first-order chi connectivity index (χ1) is 8.50. The molecule has 0 saturated carbocycles. The molecular weight excluding hydrogens is 254 g/mol. The zero-order chi connectivity index (χ0) is 13.6. The number of nitrogens with one attached hydrogen (secondary N) is 1. The maximum Gasteiger partial charge on any atom is 0.238 e. The number of rotatable bonds is 6. The van der Waals surface area contributed by atoms with Gasteiger partial charge in [-0.1, -0.05) is 18.2 Å². The summed E-state index contributed by atoms with van der Waals surface area (Å²) in [5.74, 6) is -0.518. The summed E-state index contributed by atoms with van der Waals surface area (Å²) in [5, 5.41) is 1.40. The number of hydrogen-bond acceptors (Lipinski definition) is 4. The van der Waals surface area contributed by atoms with Gasteiger partial charge in [0.25, 0.3) is 0 Å². The molecule has 6 heteroatoms. The lowest BCUT2D eigenvalue weighted by Crippen LogP contribution is -2.39. The third-order valence-electron chi connectivity index (χ3n) is 2.51. The Hall–Kier alpha value is -1.40. The molecule has 1 amide bonds. The largest absolute Gasteiger partial charge is 0.383 e. The average molecular weight is 271 g/mol. The van der Waals surface area contributed by atoms with E-state index in [-0.39, 0.29) is 4.90 Å². The first-order valence-corrected chi connectivity index (χ1v) is 7.10. The monoisotopic (exact) mass is 271 g/mol. The van der Waals surface area contributed by atoms with E-state index in [1.54, 1.807) is 18.2 Å². The van der Waals surface area contributed by atoms with E-state index >= 15 is 0 Å². The van der Waals surface area contributed by atoms with Gasteiger partial charge in [0.2, 0.25) is 5.91 Å². The standard InChI is InChI=1S/C12H17NO4S/c1-10(12(14)13-8-9-17-2)18(15,16)11-6-4-3-5-7-11/h3-7,10H,8-9H2,1-2H3,(H,13,14). The van der Waals surface area contributed by atoms with E-state index < -0.39 is 21.0 Å². The van der Waals surface area contributed by atoms with Crippen LogP contribution in [0.1, 0.15) is 6.92 Å². The van der Waals surface area contributed by atoms with Crippen molar-refractivity contribution in [3.05, 3.63) is 30.3 Å². The lowest BCUT2D eigenvalue weighted by atomic mass is 10.4. The van der Waals surface area contributed by atoms with Crippen LogP contribution in [0.4, 0.5) is 0 Å². The number of amides is 1. The minimum absolute atomic E-state index is 0.152. The highest BCUT2D eigenvalue weighted by atomic mass is 32.2. The molecule has 0 radical (unpaired) electrons. The molecule has 0 aliphatic carbocycles. The van der Waals surface area contributed by atoms with Crippen molar-refractivity contribution in [1.29, 1.82) is 0 Å². The number of sulfone groups is 1. The molecule has 5 nitrogen and oxygen atoms in total. The van der Waals surface area contributed by atoms with Crippen LogP contribution in [0, 0.1) is 0 Å². The van der Waals surface area contributed by atoms with Crippen LogP contribution in [-0.2, 0) is 19.4 Å². The zero-order valence-corrected chi connectivity index (χ0v) is 11.2. The van der Waals surface area contributed by atoms with Gasteiger partial charge in [-0.15, -0.1) is 0 Å². The molecule has 1 atom stereocenters. The fourth-order valence-electron chi connectivity index (χ4n) is 1.38. The first kappa shape index (κ1) is 14.7. The van der Waals surface area contributed by atoms with E-state index in [0.29, 0.717) is 13.2 Å². The van der Waals surface area contributed by atoms with E-state index in [0.717, 1.165) is 0 Å². The van der Waals surface area contributed by atoms with Crippen LogP contribution in [0.3, 0.4) is 0 Å². The molecule has 1 rings (SSSR count). The van der Waals surface area contributed by atoms with Gasteiger partial charge in [0.05, 0.1) is 11.5 Å². The lowest BCUT2D eigenvalue weighted by Gasteiger charge is -2.13. The Morgan fingerprint density at radius 2 is 1.94 bits per heavy atom. The number of hydrogen-bond donors (Lipinski definition) is 1. The summed E-state index contributed by atoms with van der Waals surface area (Å²) in [6.45, 7) is 2.03. The minimum atomic E-state index is -3.63. The van der Waals surface area contributed by atoms with Gasteiger partial charge in [-0.2, -0.15) is 0 Å². The Balaban J connectivity index is 2.77. The SMILES string of the molecule is COCCNC(=O)C(C)S(=O)(=O)c1ccccc1. The summed E-state index contributed by atoms with van der Waals surface area (Å²) in [6, 6.07) is 7.94. The molecule has 0 heterocycles. The van der Waals surface area contributed by atoms with Crippen molar-refractivity contribution in [2.45, 2.75) is 17.1 Å². The fourth-order valence-corrected chi connectivity index (χ4v) is 2.69. The second kappa shape index (κ2) is 6.51. The Morgan fingerprint density at radius 3 is 2.50 bits per heavy atom. The molecule has 0 saturated heterocycles. The molecule has 0 aromatic heterocycles. The molecule has 100 valence electrons. The molecule has 0 fully saturated rings. The van der Waals surface area contributed by atoms with Crippen molar-refractivity contribution in [1.82, 2.24) is 5.32 Å². The molecule has 0 bridgehead atoms. The number of benzene rings is 1. The fraction of sp³-hybridized carbons (Fsp3) is 0.417. The third kappa shape index (κ3) is 3.54. The van der Waals surface area contributed by atoms with Gasteiger partial charge in [0.15, 0.2) is 9.84 Å². The average Bonchev–Trinajstić information content (AvgIpc) is 2.39. The molecule has 0 aliphatic rings. The predicted octanol–water partition coefficient (Wildman–Crippen LogP) is 0.611. The molecule has 1 aromatic rings. The summed E-state index contributed by atoms with van der Waals surface area (Å²) in [5.41, 5.74) is 0. The van der Waals surface area contributed by atoms with Gasteiger partial charge in [-0.3, -0.25) is 4.79 Å². The minimum Gasteiger partial charge on any atom is -0.383 e. The second-order valence-electron chi connectivity index (χ2n) is 3.78. The van der Waals surface area contributed by atoms with E-state index in [9.17, 15) is 13.2 Å². The maximum atomic E-state index is 12.1. The number of methoxy groups -OCH3 is 1. The van der Waals surface area contributed by atoms with E-state index in [4.69, 9.17) is 4.74 Å². The second-order valence-corrected chi connectivity index (χ2v) is 6.05. The molecule has 1 unspecified atom stereocenters. The van der Waals surface area contributed by atoms with Crippen LogP contribution in [0.15, 0.2) is 35.2 Å². The van der Waals surface area contributed by atoms with Crippen LogP contribution in [0.25, 0.3) is 0 Å². The quantitative estimate of drug-likeness (QED) is 0.769. The summed E-state index contributed by atoms with van der Waals surface area (Å²) < 4.78 is 29.0. The third-order valence-corrected chi connectivity index (χ3v) is 4.59. The van der Waals surface area contributed by atoms with Crippen LogP contribution >= 0.6 is 0 Å².